The summed E-state index contributed by atoms with van der Waals surface area (Å²) in [5.74, 6) is 6.12. The highest BCUT2D eigenvalue weighted by Crippen LogP contribution is 2.21. The van der Waals surface area contributed by atoms with Gasteiger partial charge in [-0.2, -0.15) is 0 Å². The Bertz CT molecular complexity index is 459. The van der Waals surface area contributed by atoms with E-state index in [1.165, 1.54) is 4.88 Å². The Labute approximate surface area is 120 Å². The summed E-state index contributed by atoms with van der Waals surface area (Å²) in [6.07, 6.45) is 0. The fraction of sp³-hybridized carbons (Fsp3) is 0.600. The van der Waals surface area contributed by atoms with Crippen LogP contribution >= 0.6 is 11.3 Å². The van der Waals surface area contributed by atoms with Gasteiger partial charge in [-0.25, -0.2) is 0 Å². The van der Waals surface area contributed by atoms with E-state index in [9.17, 15) is 0 Å². The molecule has 1 aliphatic rings. The van der Waals surface area contributed by atoms with Gasteiger partial charge in [-0.1, -0.05) is 11.8 Å². The number of piperazine rings is 1. The Kier molecular flexibility index (Phi) is 5.00. The maximum atomic E-state index is 5.44. The van der Waals surface area contributed by atoms with Crippen LogP contribution < -0.4 is 5.73 Å². The van der Waals surface area contributed by atoms with Crippen LogP contribution in [0.25, 0.3) is 0 Å². The fourth-order valence-electron chi connectivity index (χ4n) is 2.57. The van der Waals surface area contributed by atoms with Crippen molar-refractivity contribution in [2.75, 3.05) is 26.7 Å². The molecule has 104 valence electrons. The van der Waals surface area contributed by atoms with Gasteiger partial charge in [0.1, 0.15) is 0 Å². The molecule has 2 rings (SSSR count). The zero-order chi connectivity index (χ0) is 13.8. The largest absolute Gasteiger partial charge is 0.320 e. The van der Waals surface area contributed by atoms with Crippen LogP contribution in [0.1, 0.15) is 24.3 Å². The summed E-state index contributed by atoms with van der Waals surface area (Å²) in [6.45, 7) is 8.29. The Balaban J connectivity index is 2.04. The maximum absolute atomic E-state index is 5.44. The quantitative estimate of drug-likeness (QED) is 0.833. The molecule has 1 fully saturated rings. The summed E-state index contributed by atoms with van der Waals surface area (Å²) in [7, 11) is 2.22. The number of hydrogen-bond acceptors (Lipinski definition) is 4. The van der Waals surface area contributed by atoms with E-state index in [0.717, 1.165) is 25.2 Å². The summed E-state index contributed by atoms with van der Waals surface area (Å²) < 4.78 is 0. The molecule has 0 radical (unpaired) electrons. The highest BCUT2D eigenvalue weighted by atomic mass is 32.1. The first-order valence-electron chi connectivity index (χ1n) is 6.81. The molecule has 2 unspecified atom stereocenters. The molecule has 19 heavy (non-hydrogen) atoms. The van der Waals surface area contributed by atoms with Crippen molar-refractivity contribution in [3.8, 4) is 11.8 Å². The molecule has 1 saturated heterocycles. The Morgan fingerprint density at radius 2 is 2.05 bits per heavy atom. The van der Waals surface area contributed by atoms with Crippen LogP contribution in [0.5, 0.6) is 0 Å². The molecule has 1 aliphatic heterocycles. The van der Waals surface area contributed by atoms with Crippen molar-refractivity contribution in [3.05, 3.63) is 21.9 Å². The smallest absolute Gasteiger partial charge is 0.0555 e. The third-order valence-electron chi connectivity index (χ3n) is 3.87. The highest BCUT2D eigenvalue weighted by Gasteiger charge is 2.26. The lowest BCUT2D eigenvalue weighted by Crippen LogP contribution is -2.54. The van der Waals surface area contributed by atoms with Gasteiger partial charge in [-0.3, -0.25) is 9.80 Å². The summed E-state index contributed by atoms with van der Waals surface area (Å²) in [5, 5.41) is 2.12. The molecule has 3 nitrogen and oxygen atoms in total. The summed E-state index contributed by atoms with van der Waals surface area (Å²) >= 11 is 1.80. The Morgan fingerprint density at radius 1 is 1.37 bits per heavy atom. The second-order valence-electron chi connectivity index (χ2n) is 5.32. The average molecular weight is 277 g/mol. The topological polar surface area (TPSA) is 32.5 Å². The molecule has 0 aromatic carbocycles. The number of nitrogens with two attached hydrogens (primary N) is 1. The monoisotopic (exact) mass is 277 g/mol. The van der Waals surface area contributed by atoms with Gasteiger partial charge in [0, 0.05) is 42.2 Å². The molecule has 4 heteroatoms. The van der Waals surface area contributed by atoms with E-state index in [2.05, 4.69) is 54.0 Å². The molecule has 0 aliphatic carbocycles. The minimum atomic E-state index is 0.428. The normalized spacial score (nSPS) is 25.1. The van der Waals surface area contributed by atoms with Gasteiger partial charge in [0.15, 0.2) is 0 Å². The number of thiophene rings is 1. The maximum Gasteiger partial charge on any atom is 0.0555 e. The number of likely N-dealkylation sites (N-methyl/N-ethyl adjacent to an activating group) is 1. The van der Waals surface area contributed by atoms with E-state index < -0.39 is 0 Å². The molecular formula is C15H23N3S. The molecule has 1 aromatic rings. The zero-order valence-electron chi connectivity index (χ0n) is 12.0. The van der Waals surface area contributed by atoms with Crippen LogP contribution in [0.4, 0.5) is 0 Å². The van der Waals surface area contributed by atoms with Crippen LogP contribution in [-0.2, 0) is 6.54 Å². The predicted octanol–water partition coefficient (Wildman–Crippen LogP) is 1.58. The van der Waals surface area contributed by atoms with Crippen molar-refractivity contribution in [1.82, 2.24) is 9.80 Å². The lowest BCUT2D eigenvalue weighted by atomic mass is 10.1. The molecule has 2 N–H and O–H groups in total. The van der Waals surface area contributed by atoms with Gasteiger partial charge in [-0.05, 0) is 32.3 Å². The van der Waals surface area contributed by atoms with Gasteiger partial charge in [0.2, 0.25) is 0 Å². The van der Waals surface area contributed by atoms with E-state index in [4.69, 9.17) is 5.73 Å². The standard InChI is InChI=1S/C15H23N3S/c1-12-9-18(10-13(2)17(12)3)11-15-14(5-4-7-16)6-8-19-15/h6,8,12-13H,7,9-11,16H2,1-3H3. The second-order valence-corrected chi connectivity index (χ2v) is 6.32. The van der Waals surface area contributed by atoms with Gasteiger partial charge in [0.25, 0.3) is 0 Å². The van der Waals surface area contributed by atoms with Crippen molar-refractivity contribution < 1.29 is 0 Å². The van der Waals surface area contributed by atoms with Crippen molar-refractivity contribution in [2.24, 2.45) is 5.73 Å². The molecule has 0 bridgehead atoms. The third-order valence-corrected chi connectivity index (χ3v) is 4.78. The van der Waals surface area contributed by atoms with E-state index in [0.29, 0.717) is 18.6 Å². The molecule has 0 saturated carbocycles. The number of rotatable bonds is 2. The predicted molar refractivity (Wildman–Crippen MR) is 82.2 cm³/mol. The summed E-state index contributed by atoms with van der Waals surface area (Å²) in [4.78, 5) is 6.36. The van der Waals surface area contributed by atoms with E-state index in [1.807, 2.05) is 0 Å². The van der Waals surface area contributed by atoms with Gasteiger partial charge >= 0.3 is 0 Å². The van der Waals surface area contributed by atoms with E-state index in [-0.39, 0.29) is 0 Å². The zero-order valence-corrected chi connectivity index (χ0v) is 12.8. The minimum Gasteiger partial charge on any atom is -0.320 e. The molecular weight excluding hydrogens is 254 g/mol. The first kappa shape index (κ1) is 14.5. The molecule has 0 amide bonds. The van der Waals surface area contributed by atoms with Crippen LogP contribution in [0.2, 0.25) is 0 Å². The second kappa shape index (κ2) is 6.53. The molecule has 2 atom stereocenters. The Morgan fingerprint density at radius 3 is 2.68 bits per heavy atom. The average Bonchev–Trinajstić information content (AvgIpc) is 2.80. The van der Waals surface area contributed by atoms with Crippen LogP contribution in [0.15, 0.2) is 11.4 Å². The lowest BCUT2D eigenvalue weighted by molar-refractivity contribution is 0.0562. The summed E-state index contributed by atoms with van der Waals surface area (Å²) in [6, 6.07) is 3.33. The lowest BCUT2D eigenvalue weighted by Gasteiger charge is -2.42. The first-order chi connectivity index (χ1) is 9.11. The molecule has 2 heterocycles. The summed E-state index contributed by atoms with van der Waals surface area (Å²) in [5.41, 5.74) is 6.59. The molecule has 1 aromatic heterocycles. The van der Waals surface area contributed by atoms with Gasteiger partial charge in [0.05, 0.1) is 6.54 Å². The molecule has 0 spiro atoms. The van der Waals surface area contributed by atoms with Gasteiger partial charge < -0.3 is 5.73 Å². The number of nitrogens with zero attached hydrogens (tertiary/aromatic N) is 2. The number of hydrogen-bond donors (Lipinski definition) is 1. The van der Waals surface area contributed by atoms with Crippen molar-refractivity contribution >= 4 is 11.3 Å². The Hall–Kier alpha value is -0.860. The van der Waals surface area contributed by atoms with Gasteiger partial charge in [-0.15, -0.1) is 11.3 Å². The SMILES string of the molecule is CC1CN(Cc2sccc2C#CCN)CC(C)N1C. The highest BCUT2D eigenvalue weighted by molar-refractivity contribution is 7.10. The first-order valence-corrected chi connectivity index (χ1v) is 7.69. The van der Waals surface area contributed by atoms with Crippen LogP contribution in [-0.4, -0.2) is 48.6 Å². The van der Waals surface area contributed by atoms with Crippen molar-refractivity contribution in [1.29, 1.82) is 0 Å². The van der Waals surface area contributed by atoms with Crippen LogP contribution in [0, 0.1) is 11.8 Å². The van der Waals surface area contributed by atoms with Crippen molar-refractivity contribution in [3.63, 3.8) is 0 Å². The third kappa shape index (κ3) is 3.58. The van der Waals surface area contributed by atoms with E-state index in [1.54, 1.807) is 11.3 Å². The van der Waals surface area contributed by atoms with Crippen molar-refractivity contribution in [2.45, 2.75) is 32.5 Å². The van der Waals surface area contributed by atoms with E-state index >= 15 is 0 Å². The minimum absolute atomic E-state index is 0.428. The fourth-order valence-corrected chi connectivity index (χ4v) is 3.44. The van der Waals surface area contributed by atoms with Crippen LogP contribution in [0.3, 0.4) is 0 Å².